The summed E-state index contributed by atoms with van der Waals surface area (Å²) in [7, 11) is 1.45. The summed E-state index contributed by atoms with van der Waals surface area (Å²) in [4.78, 5) is 11.7. The quantitative estimate of drug-likeness (QED) is 0.854. The van der Waals surface area contributed by atoms with Crippen molar-refractivity contribution >= 4 is 0 Å². The first kappa shape index (κ1) is 11.3. The van der Waals surface area contributed by atoms with Gasteiger partial charge in [0.15, 0.2) is 5.82 Å². The van der Waals surface area contributed by atoms with Crippen molar-refractivity contribution in [1.29, 1.82) is 0 Å². The van der Waals surface area contributed by atoms with E-state index in [0.29, 0.717) is 5.82 Å². The van der Waals surface area contributed by atoms with Crippen LogP contribution in [0.25, 0.3) is 11.4 Å². The smallest absolute Gasteiger partial charge is 0.322 e. The summed E-state index contributed by atoms with van der Waals surface area (Å²) in [5, 5.41) is 9.43. The van der Waals surface area contributed by atoms with Crippen molar-refractivity contribution in [2.45, 2.75) is 13.8 Å². The first-order valence-corrected chi connectivity index (χ1v) is 5.17. The van der Waals surface area contributed by atoms with Gasteiger partial charge in [-0.15, -0.1) is 4.98 Å². The first-order valence-electron chi connectivity index (χ1n) is 5.17. The summed E-state index contributed by atoms with van der Waals surface area (Å²) >= 11 is 0. The number of ether oxygens (including phenoxy) is 1. The lowest BCUT2D eigenvalue weighted by Crippen LogP contribution is -1.99. The second kappa shape index (κ2) is 4.37. The molecule has 0 atom stereocenters. The van der Waals surface area contributed by atoms with Gasteiger partial charge in [-0.25, -0.2) is 0 Å². The number of hydrogen-bond acceptors (Lipinski definition) is 5. The molecule has 5 nitrogen and oxygen atoms in total. The lowest BCUT2D eigenvalue weighted by Gasteiger charge is -2.08. The van der Waals surface area contributed by atoms with Crippen molar-refractivity contribution in [1.82, 2.24) is 15.0 Å². The third kappa shape index (κ3) is 2.18. The molecule has 0 amide bonds. The molecule has 1 aromatic carbocycles. The summed E-state index contributed by atoms with van der Waals surface area (Å²) in [6.45, 7) is 3.94. The number of hydrogen-bond donors (Lipinski definition) is 1. The number of benzene rings is 1. The summed E-state index contributed by atoms with van der Waals surface area (Å²) in [6, 6.07) is 5.67. The fraction of sp³-hybridized carbons (Fsp3) is 0.250. The zero-order valence-electron chi connectivity index (χ0n) is 9.93. The summed E-state index contributed by atoms with van der Waals surface area (Å²) in [5.41, 5.74) is 2.97. The van der Waals surface area contributed by atoms with Crippen LogP contribution in [0.5, 0.6) is 12.0 Å². The van der Waals surface area contributed by atoms with E-state index in [1.165, 1.54) is 7.11 Å². The molecule has 1 N–H and O–H groups in total. The van der Waals surface area contributed by atoms with Crippen LogP contribution in [0.4, 0.5) is 0 Å². The maximum Gasteiger partial charge on any atom is 0.322 e. The molecular weight excluding hydrogens is 218 g/mol. The maximum atomic E-state index is 9.43. The molecule has 0 aliphatic carbocycles. The highest BCUT2D eigenvalue weighted by Gasteiger charge is 2.12. The molecule has 2 rings (SSSR count). The Morgan fingerprint density at radius 2 is 1.71 bits per heavy atom. The van der Waals surface area contributed by atoms with Crippen LogP contribution >= 0.6 is 0 Å². The van der Waals surface area contributed by atoms with Gasteiger partial charge in [-0.1, -0.05) is 18.2 Å². The third-order valence-corrected chi connectivity index (χ3v) is 2.49. The lowest BCUT2D eigenvalue weighted by atomic mass is 10.0. The Hall–Kier alpha value is -2.17. The fourth-order valence-corrected chi connectivity index (χ4v) is 1.72. The lowest BCUT2D eigenvalue weighted by molar-refractivity contribution is 0.356. The Labute approximate surface area is 99.2 Å². The van der Waals surface area contributed by atoms with Crippen LogP contribution in [0.1, 0.15) is 11.1 Å². The summed E-state index contributed by atoms with van der Waals surface area (Å²) < 4.78 is 4.91. The zero-order chi connectivity index (χ0) is 12.4. The predicted octanol–water partition coefficient (Wildman–Crippen LogP) is 1.87. The average molecular weight is 231 g/mol. The van der Waals surface area contributed by atoms with Crippen molar-refractivity contribution in [3.05, 3.63) is 29.3 Å². The van der Waals surface area contributed by atoms with Gasteiger partial charge in [0.1, 0.15) is 0 Å². The number of methoxy groups -OCH3 is 1. The first-order chi connectivity index (χ1) is 8.11. The van der Waals surface area contributed by atoms with Gasteiger partial charge in [0.25, 0.3) is 0 Å². The molecule has 2 aromatic rings. The summed E-state index contributed by atoms with van der Waals surface area (Å²) in [6.07, 6.45) is 0. The SMILES string of the molecule is COc1nc(O)nc(-c2c(C)cccc2C)n1. The molecule has 0 aliphatic heterocycles. The molecule has 0 saturated heterocycles. The van der Waals surface area contributed by atoms with Crippen LogP contribution in [-0.4, -0.2) is 27.2 Å². The molecule has 0 bridgehead atoms. The number of nitrogens with zero attached hydrogens (tertiary/aromatic N) is 3. The van der Waals surface area contributed by atoms with Crippen molar-refractivity contribution in [2.24, 2.45) is 0 Å². The van der Waals surface area contributed by atoms with Gasteiger partial charge in [0.2, 0.25) is 0 Å². The molecule has 1 heterocycles. The van der Waals surface area contributed by atoms with Crippen molar-refractivity contribution in [3.63, 3.8) is 0 Å². The van der Waals surface area contributed by atoms with E-state index >= 15 is 0 Å². The van der Waals surface area contributed by atoms with Crippen LogP contribution < -0.4 is 4.74 Å². The highest BCUT2D eigenvalue weighted by atomic mass is 16.5. The van der Waals surface area contributed by atoms with E-state index in [1.54, 1.807) is 0 Å². The van der Waals surface area contributed by atoms with Crippen molar-refractivity contribution < 1.29 is 9.84 Å². The molecule has 0 saturated carbocycles. The monoisotopic (exact) mass is 231 g/mol. The minimum atomic E-state index is -0.338. The van der Waals surface area contributed by atoms with E-state index in [4.69, 9.17) is 4.74 Å². The fourth-order valence-electron chi connectivity index (χ4n) is 1.72. The Bertz CT molecular complexity index is 535. The topological polar surface area (TPSA) is 68.1 Å². The molecule has 0 aliphatic rings. The molecule has 0 spiro atoms. The van der Waals surface area contributed by atoms with E-state index in [1.807, 2.05) is 32.0 Å². The van der Waals surface area contributed by atoms with Gasteiger partial charge in [-0.2, -0.15) is 9.97 Å². The normalized spacial score (nSPS) is 10.3. The number of aromatic nitrogens is 3. The Morgan fingerprint density at radius 1 is 1.06 bits per heavy atom. The van der Waals surface area contributed by atoms with Crippen LogP contribution in [0.2, 0.25) is 0 Å². The minimum Gasteiger partial charge on any atom is -0.479 e. The minimum absolute atomic E-state index is 0.107. The molecule has 5 heteroatoms. The zero-order valence-corrected chi connectivity index (χ0v) is 9.93. The molecule has 88 valence electrons. The Kier molecular flexibility index (Phi) is 2.91. The van der Waals surface area contributed by atoms with Crippen LogP contribution in [0, 0.1) is 13.8 Å². The summed E-state index contributed by atoms with van der Waals surface area (Å²) in [5.74, 6) is 0.421. The van der Waals surface area contributed by atoms with E-state index in [0.717, 1.165) is 16.7 Å². The third-order valence-electron chi connectivity index (χ3n) is 2.49. The number of rotatable bonds is 2. The maximum absolute atomic E-state index is 9.43. The van der Waals surface area contributed by atoms with E-state index < -0.39 is 0 Å². The Morgan fingerprint density at radius 3 is 2.29 bits per heavy atom. The van der Waals surface area contributed by atoms with Gasteiger partial charge < -0.3 is 9.84 Å². The molecule has 0 radical (unpaired) electrons. The number of aryl methyl sites for hydroxylation is 2. The van der Waals surface area contributed by atoms with Crippen LogP contribution in [0.3, 0.4) is 0 Å². The van der Waals surface area contributed by atoms with Gasteiger partial charge >= 0.3 is 12.0 Å². The van der Waals surface area contributed by atoms with E-state index in [-0.39, 0.29) is 12.0 Å². The van der Waals surface area contributed by atoms with Gasteiger partial charge in [-0.05, 0) is 25.0 Å². The molecule has 17 heavy (non-hydrogen) atoms. The van der Waals surface area contributed by atoms with E-state index in [9.17, 15) is 5.11 Å². The van der Waals surface area contributed by atoms with Gasteiger partial charge in [0, 0.05) is 5.56 Å². The van der Waals surface area contributed by atoms with Crippen molar-refractivity contribution in [3.8, 4) is 23.4 Å². The van der Waals surface area contributed by atoms with Crippen molar-refractivity contribution in [2.75, 3.05) is 7.11 Å². The Balaban J connectivity index is 2.64. The second-order valence-corrected chi connectivity index (χ2v) is 3.71. The standard InChI is InChI=1S/C12H13N3O2/c1-7-5-4-6-8(2)9(7)10-13-11(16)15-12(14-10)17-3/h4-6H,1-3H3,(H,13,14,15,16). The predicted molar refractivity (Wildman–Crippen MR) is 63.0 cm³/mol. The van der Waals surface area contributed by atoms with Gasteiger partial charge in [-0.3, -0.25) is 0 Å². The molecule has 0 unspecified atom stereocenters. The second-order valence-electron chi connectivity index (χ2n) is 3.71. The van der Waals surface area contributed by atoms with Gasteiger partial charge in [0.05, 0.1) is 7.11 Å². The van der Waals surface area contributed by atoms with E-state index in [2.05, 4.69) is 15.0 Å². The number of aromatic hydroxyl groups is 1. The highest BCUT2D eigenvalue weighted by molar-refractivity contribution is 5.64. The van der Waals surface area contributed by atoms with Crippen LogP contribution in [0.15, 0.2) is 18.2 Å². The molecule has 1 aromatic heterocycles. The molecule has 0 fully saturated rings. The van der Waals surface area contributed by atoms with Crippen LogP contribution in [-0.2, 0) is 0 Å². The average Bonchev–Trinajstić information content (AvgIpc) is 2.28. The largest absolute Gasteiger partial charge is 0.479 e. The highest BCUT2D eigenvalue weighted by Crippen LogP contribution is 2.25. The molecular formula is C12H13N3O2.